The third-order valence-corrected chi connectivity index (χ3v) is 4.37. The van der Waals surface area contributed by atoms with E-state index in [0.717, 1.165) is 17.1 Å². The van der Waals surface area contributed by atoms with Crippen molar-refractivity contribution in [1.29, 1.82) is 0 Å². The van der Waals surface area contributed by atoms with Crippen LogP contribution in [0.5, 0.6) is 0 Å². The lowest BCUT2D eigenvalue weighted by molar-refractivity contribution is -0.137. The summed E-state index contributed by atoms with van der Waals surface area (Å²) in [6.07, 6.45) is 0.668. The molecular formula is C18H17N3O2S. The standard InChI is InChI=1S/C18H17N3O2S/c1-23-17(22)13-24-18-20-19-16(12-14-8-4-2-5-9-14)21(18)15-10-6-3-7-11-15/h2-11H,12-13H2,1H3. The van der Waals surface area contributed by atoms with E-state index in [2.05, 4.69) is 22.3 Å². The van der Waals surface area contributed by atoms with Gasteiger partial charge in [-0.25, -0.2) is 0 Å². The molecule has 0 spiro atoms. The van der Waals surface area contributed by atoms with Crippen LogP contribution < -0.4 is 0 Å². The Morgan fingerprint density at radius 1 is 1.04 bits per heavy atom. The lowest BCUT2D eigenvalue weighted by Gasteiger charge is -2.10. The normalized spacial score (nSPS) is 10.5. The number of hydrogen-bond donors (Lipinski definition) is 0. The highest BCUT2D eigenvalue weighted by Gasteiger charge is 2.16. The average molecular weight is 339 g/mol. The molecule has 1 heterocycles. The van der Waals surface area contributed by atoms with E-state index in [0.29, 0.717) is 11.6 Å². The Morgan fingerprint density at radius 2 is 1.71 bits per heavy atom. The Morgan fingerprint density at radius 3 is 2.38 bits per heavy atom. The molecule has 2 aromatic carbocycles. The quantitative estimate of drug-likeness (QED) is 0.510. The lowest BCUT2D eigenvalue weighted by atomic mass is 10.1. The van der Waals surface area contributed by atoms with Crippen LogP contribution in [0.2, 0.25) is 0 Å². The molecule has 0 saturated heterocycles. The molecule has 24 heavy (non-hydrogen) atoms. The molecule has 0 N–H and O–H groups in total. The van der Waals surface area contributed by atoms with Crippen molar-refractivity contribution in [3.8, 4) is 5.69 Å². The molecule has 0 bridgehead atoms. The van der Waals surface area contributed by atoms with E-state index in [4.69, 9.17) is 4.74 Å². The largest absolute Gasteiger partial charge is 0.468 e. The molecule has 0 aliphatic heterocycles. The molecule has 3 aromatic rings. The van der Waals surface area contributed by atoms with E-state index >= 15 is 0 Å². The first kappa shape index (κ1) is 16.3. The Labute approximate surface area is 144 Å². The van der Waals surface area contributed by atoms with Gasteiger partial charge in [0.15, 0.2) is 5.16 Å². The third-order valence-electron chi connectivity index (χ3n) is 3.47. The molecule has 122 valence electrons. The Kier molecular flexibility index (Phi) is 5.28. The fourth-order valence-electron chi connectivity index (χ4n) is 2.31. The van der Waals surface area contributed by atoms with Crippen molar-refractivity contribution in [3.63, 3.8) is 0 Å². The zero-order chi connectivity index (χ0) is 16.8. The summed E-state index contributed by atoms with van der Waals surface area (Å²) in [5, 5.41) is 9.27. The lowest BCUT2D eigenvalue weighted by Crippen LogP contribution is -2.07. The maximum absolute atomic E-state index is 11.4. The Hall–Kier alpha value is -2.60. The highest BCUT2D eigenvalue weighted by molar-refractivity contribution is 7.99. The van der Waals surface area contributed by atoms with Gasteiger partial charge in [0.1, 0.15) is 5.82 Å². The number of rotatable bonds is 6. The minimum Gasteiger partial charge on any atom is -0.468 e. The van der Waals surface area contributed by atoms with Gasteiger partial charge in [0.05, 0.1) is 12.9 Å². The summed E-state index contributed by atoms with van der Waals surface area (Å²) in [5.41, 5.74) is 2.13. The minimum atomic E-state index is -0.285. The zero-order valence-corrected chi connectivity index (χ0v) is 14.1. The van der Waals surface area contributed by atoms with Crippen molar-refractivity contribution in [3.05, 3.63) is 72.1 Å². The smallest absolute Gasteiger partial charge is 0.316 e. The van der Waals surface area contributed by atoms with Gasteiger partial charge in [0.2, 0.25) is 0 Å². The molecule has 0 saturated carbocycles. The molecule has 5 nitrogen and oxygen atoms in total. The van der Waals surface area contributed by atoms with E-state index in [9.17, 15) is 4.79 Å². The van der Waals surface area contributed by atoms with Crippen molar-refractivity contribution in [1.82, 2.24) is 14.8 Å². The summed E-state index contributed by atoms with van der Waals surface area (Å²) in [4.78, 5) is 11.4. The number of benzene rings is 2. The second-order valence-corrected chi connectivity index (χ2v) is 6.04. The van der Waals surface area contributed by atoms with Gasteiger partial charge in [-0.1, -0.05) is 60.3 Å². The van der Waals surface area contributed by atoms with E-state index in [-0.39, 0.29) is 11.7 Å². The summed E-state index contributed by atoms with van der Waals surface area (Å²) < 4.78 is 6.69. The molecule has 0 aliphatic rings. The number of methoxy groups -OCH3 is 1. The molecule has 0 unspecified atom stereocenters. The van der Waals surface area contributed by atoms with Crippen LogP contribution in [-0.2, 0) is 16.0 Å². The third kappa shape index (κ3) is 3.83. The van der Waals surface area contributed by atoms with Crippen molar-refractivity contribution in [2.24, 2.45) is 0 Å². The van der Waals surface area contributed by atoms with Crippen LogP contribution >= 0.6 is 11.8 Å². The molecule has 0 aliphatic carbocycles. The SMILES string of the molecule is COC(=O)CSc1nnc(Cc2ccccc2)n1-c1ccccc1. The van der Waals surface area contributed by atoms with E-state index < -0.39 is 0 Å². The second kappa shape index (κ2) is 7.79. The number of carbonyl (C=O) groups excluding carboxylic acids is 1. The number of para-hydroxylation sites is 1. The average Bonchev–Trinajstić information content (AvgIpc) is 3.03. The molecule has 0 amide bonds. The van der Waals surface area contributed by atoms with E-state index in [1.807, 2.05) is 53.1 Å². The van der Waals surface area contributed by atoms with Gasteiger partial charge in [-0.3, -0.25) is 9.36 Å². The van der Waals surface area contributed by atoms with Crippen LogP contribution in [0.4, 0.5) is 0 Å². The van der Waals surface area contributed by atoms with Gasteiger partial charge in [0, 0.05) is 12.1 Å². The number of thioether (sulfide) groups is 1. The molecular weight excluding hydrogens is 322 g/mol. The van der Waals surface area contributed by atoms with Gasteiger partial charge >= 0.3 is 5.97 Å². The highest BCUT2D eigenvalue weighted by atomic mass is 32.2. The molecule has 0 atom stereocenters. The van der Waals surface area contributed by atoms with Gasteiger partial charge in [-0.2, -0.15) is 0 Å². The van der Waals surface area contributed by atoms with Gasteiger partial charge in [-0.15, -0.1) is 10.2 Å². The maximum atomic E-state index is 11.4. The summed E-state index contributed by atoms with van der Waals surface area (Å²) in [6, 6.07) is 20.0. The highest BCUT2D eigenvalue weighted by Crippen LogP contribution is 2.23. The fraction of sp³-hybridized carbons (Fsp3) is 0.167. The molecule has 0 fully saturated rings. The van der Waals surface area contributed by atoms with Gasteiger partial charge < -0.3 is 4.74 Å². The van der Waals surface area contributed by atoms with Crippen LogP contribution in [0.3, 0.4) is 0 Å². The van der Waals surface area contributed by atoms with Crippen molar-refractivity contribution in [2.75, 3.05) is 12.9 Å². The fourth-order valence-corrected chi connectivity index (χ4v) is 3.11. The molecule has 0 radical (unpaired) electrons. The second-order valence-electron chi connectivity index (χ2n) is 5.10. The summed E-state index contributed by atoms with van der Waals surface area (Å²) in [6.45, 7) is 0. The van der Waals surface area contributed by atoms with E-state index in [1.54, 1.807) is 0 Å². The number of hydrogen-bond acceptors (Lipinski definition) is 5. The predicted octanol–water partition coefficient (Wildman–Crippen LogP) is 3.12. The van der Waals surface area contributed by atoms with E-state index in [1.165, 1.54) is 18.9 Å². The number of aromatic nitrogens is 3. The molecule has 1 aromatic heterocycles. The Bertz CT molecular complexity index is 804. The van der Waals surface area contributed by atoms with Crippen LogP contribution in [0.15, 0.2) is 65.8 Å². The van der Waals surface area contributed by atoms with Crippen molar-refractivity contribution in [2.45, 2.75) is 11.6 Å². The number of esters is 1. The predicted molar refractivity (Wildman–Crippen MR) is 93.3 cm³/mol. The van der Waals surface area contributed by atoms with Crippen LogP contribution in [0, 0.1) is 0 Å². The maximum Gasteiger partial charge on any atom is 0.316 e. The Balaban J connectivity index is 1.93. The van der Waals surface area contributed by atoms with Crippen molar-refractivity contribution < 1.29 is 9.53 Å². The minimum absolute atomic E-state index is 0.201. The van der Waals surface area contributed by atoms with Crippen LogP contribution in [-0.4, -0.2) is 33.6 Å². The van der Waals surface area contributed by atoms with Crippen LogP contribution in [0.1, 0.15) is 11.4 Å². The van der Waals surface area contributed by atoms with Gasteiger partial charge in [-0.05, 0) is 17.7 Å². The number of nitrogens with zero attached hydrogens (tertiary/aromatic N) is 3. The first-order chi connectivity index (χ1) is 11.8. The topological polar surface area (TPSA) is 57.0 Å². The zero-order valence-electron chi connectivity index (χ0n) is 13.3. The summed E-state index contributed by atoms with van der Waals surface area (Å²) in [7, 11) is 1.38. The first-order valence-corrected chi connectivity index (χ1v) is 8.49. The van der Waals surface area contributed by atoms with Gasteiger partial charge in [0.25, 0.3) is 0 Å². The molecule has 6 heteroatoms. The summed E-state index contributed by atoms with van der Waals surface area (Å²) >= 11 is 1.32. The van der Waals surface area contributed by atoms with Crippen molar-refractivity contribution >= 4 is 17.7 Å². The number of ether oxygens (including phenoxy) is 1. The number of carbonyl (C=O) groups is 1. The van der Waals surface area contributed by atoms with Crippen LogP contribution in [0.25, 0.3) is 5.69 Å². The first-order valence-electron chi connectivity index (χ1n) is 7.51. The molecule has 3 rings (SSSR count). The summed E-state index contributed by atoms with van der Waals surface area (Å²) in [5.74, 6) is 0.749. The monoisotopic (exact) mass is 339 g/mol.